The fourth-order valence-electron chi connectivity index (χ4n) is 2.06. The number of nitrogens with two attached hydrogens (primary N) is 2. The van der Waals surface area contributed by atoms with Gasteiger partial charge in [0.15, 0.2) is 0 Å². The highest BCUT2D eigenvalue weighted by molar-refractivity contribution is 5.78. The summed E-state index contributed by atoms with van der Waals surface area (Å²) in [4.78, 5) is 10.9. The molecule has 0 aliphatic heterocycles. The van der Waals surface area contributed by atoms with Crippen LogP contribution >= 0.6 is 0 Å². The molecule has 0 saturated heterocycles. The molecule has 4 N–H and O–H groups in total. The highest BCUT2D eigenvalue weighted by Gasteiger charge is 2.24. The fourth-order valence-corrected chi connectivity index (χ4v) is 2.06. The molecule has 0 aromatic carbocycles. The summed E-state index contributed by atoms with van der Waals surface area (Å²) in [5.41, 5.74) is 11.0. The number of primary amides is 1. The number of carbonyl (C=O) groups is 1. The topological polar surface area (TPSA) is 78.3 Å². The van der Waals surface area contributed by atoms with Crippen molar-refractivity contribution in [2.24, 2.45) is 17.4 Å². The first-order chi connectivity index (χ1) is 6.63. The SMILES string of the molecule is COC(CC1CCC(N)CC1)C(N)=O. The average Bonchev–Trinajstić information content (AvgIpc) is 2.16. The lowest BCUT2D eigenvalue weighted by atomic mass is 9.83. The molecule has 1 fully saturated rings. The van der Waals surface area contributed by atoms with E-state index < -0.39 is 6.10 Å². The van der Waals surface area contributed by atoms with E-state index in [0.29, 0.717) is 12.0 Å². The van der Waals surface area contributed by atoms with Gasteiger partial charge in [-0.25, -0.2) is 0 Å². The molecule has 1 atom stereocenters. The number of carbonyl (C=O) groups excluding carboxylic acids is 1. The number of ether oxygens (including phenoxy) is 1. The Morgan fingerprint density at radius 3 is 2.43 bits per heavy atom. The minimum absolute atomic E-state index is 0.348. The summed E-state index contributed by atoms with van der Waals surface area (Å²) in [6.45, 7) is 0. The molecule has 1 saturated carbocycles. The molecule has 0 bridgehead atoms. The zero-order chi connectivity index (χ0) is 10.6. The Kier molecular flexibility index (Phi) is 4.35. The van der Waals surface area contributed by atoms with Crippen molar-refractivity contribution in [3.05, 3.63) is 0 Å². The Morgan fingerprint density at radius 2 is 2.00 bits per heavy atom. The van der Waals surface area contributed by atoms with Crippen LogP contribution in [-0.4, -0.2) is 25.2 Å². The second-order valence-electron chi connectivity index (χ2n) is 4.14. The summed E-state index contributed by atoms with van der Waals surface area (Å²) in [5.74, 6) is 0.189. The van der Waals surface area contributed by atoms with Crippen molar-refractivity contribution < 1.29 is 9.53 Å². The Bertz CT molecular complexity index is 189. The molecule has 0 spiro atoms. The normalized spacial score (nSPS) is 29.9. The van der Waals surface area contributed by atoms with E-state index in [1.54, 1.807) is 0 Å². The van der Waals surface area contributed by atoms with Gasteiger partial charge in [0.05, 0.1) is 0 Å². The lowest BCUT2D eigenvalue weighted by Gasteiger charge is -2.27. The summed E-state index contributed by atoms with van der Waals surface area (Å²) in [6.07, 6.45) is 4.62. The van der Waals surface area contributed by atoms with Gasteiger partial charge >= 0.3 is 0 Å². The molecule has 1 amide bonds. The minimum atomic E-state index is -0.422. The number of hydrogen-bond donors (Lipinski definition) is 2. The summed E-state index contributed by atoms with van der Waals surface area (Å²) in [7, 11) is 1.53. The lowest BCUT2D eigenvalue weighted by Crippen LogP contribution is -2.34. The van der Waals surface area contributed by atoms with Crippen LogP contribution in [0.25, 0.3) is 0 Å². The van der Waals surface area contributed by atoms with Crippen molar-refractivity contribution >= 4 is 5.91 Å². The van der Waals surface area contributed by atoms with E-state index in [-0.39, 0.29) is 5.91 Å². The summed E-state index contributed by atoms with van der Waals surface area (Å²) < 4.78 is 5.04. The van der Waals surface area contributed by atoms with E-state index in [1.165, 1.54) is 7.11 Å². The predicted octanol–water partition coefficient (Wildman–Crippen LogP) is 0.394. The second kappa shape index (κ2) is 5.32. The van der Waals surface area contributed by atoms with Crippen LogP contribution in [0.2, 0.25) is 0 Å². The third-order valence-electron chi connectivity index (χ3n) is 3.04. The highest BCUT2D eigenvalue weighted by atomic mass is 16.5. The van der Waals surface area contributed by atoms with Gasteiger partial charge in [-0.3, -0.25) is 4.79 Å². The lowest BCUT2D eigenvalue weighted by molar-refractivity contribution is -0.128. The van der Waals surface area contributed by atoms with Crippen LogP contribution in [-0.2, 0) is 9.53 Å². The molecule has 0 heterocycles. The third kappa shape index (κ3) is 3.27. The van der Waals surface area contributed by atoms with Gasteiger partial charge in [0.1, 0.15) is 6.10 Å². The Morgan fingerprint density at radius 1 is 1.43 bits per heavy atom. The van der Waals surface area contributed by atoms with Crippen molar-refractivity contribution in [2.45, 2.75) is 44.2 Å². The minimum Gasteiger partial charge on any atom is -0.372 e. The number of methoxy groups -OCH3 is 1. The molecule has 14 heavy (non-hydrogen) atoms. The van der Waals surface area contributed by atoms with Crippen LogP contribution in [0.4, 0.5) is 0 Å². The molecule has 0 aromatic heterocycles. The first kappa shape index (κ1) is 11.5. The van der Waals surface area contributed by atoms with Crippen molar-refractivity contribution in [3.63, 3.8) is 0 Å². The average molecular weight is 200 g/mol. The smallest absolute Gasteiger partial charge is 0.246 e. The quantitative estimate of drug-likeness (QED) is 0.689. The van der Waals surface area contributed by atoms with Crippen molar-refractivity contribution in [1.82, 2.24) is 0 Å². The molecule has 1 rings (SSSR count). The van der Waals surface area contributed by atoms with Crippen LogP contribution in [0, 0.1) is 5.92 Å². The van der Waals surface area contributed by atoms with Gasteiger partial charge in [-0.05, 0) is 38.0 Å². The summed E-state index contributed by atoms with van der Waals surface area (Å²) >= 11 is 0. The largest absolute Gasteiger partial charge is 0.372 e. The Labute approximate surface area is 85.0 Å². The zero-order valence-electron chi connectivity index (χ0n) is 8.74. The molecule has 1 unspecified atom stereocenters. The van der Waals surface area contributed by atoms with Crippen molar-refractivity contribution in [1.29, 1.82) is 0 Å². The molecule has 82 valence electrons. The standard InChI is InChI=1S/C10H20N2O2/c1-14-9(10(12)13)6-7-2-4-8(11)5-3-7/h7-9H,2-6,11H2,1H3,(H2,12,13). The van der Waals surface area contributed by atoms with E-state index in [4.69, 9.17) is 16.2 Å². The third-order valence-corrected chi connectivity index (χ3v) is 3.04. The Hall–Kier alpha value is -0.610. The maximum Gasteiger partial charge on any atom is 0.246 e. The van der Waals surface area contributed by atoms with E-state index in [9.17, 15) is 4.79 Å². The van der Waals surface area contributed by atoms with E-state index >= 15 is 0 Å². The molecular formula is C10H20N2O2. The Balaban J connectivity index is 2.32. The van der Waals surface area contributed by atoms with E-state index in [1.807, 2.05) is 0 Å². The van der Waals surface area contributed by atoms with Crippen LogP contribution in [0.3, 0.4) is 0 Å². The van der Waals surface area contributed by atoms with Gasteiger partial charge in [-0.15, -0.1) is 0 Å². The van der Waals surface area contributed by atoms with E-state index in [0.717, 1.165) is 32.1 Å². The number of hydrogen-bond acceptors (Lipinski definition) is 3. The van der Waals surface area contributed by atoms with Crippen LogP contribution in [0.15, 0.2) is 0 Å². The molecule has 1 aliphatic rings. The first-order valence-corrected chi connectivity index (χ1v) is 5.21. The van der Waals surface area contributed by atoms with Crippen LogP contribution < -0.4 is 11.5 Å². The van der Waals surface area contributed by atoms with Gasteiger partial charge in [-0.1, -0.05) is 0 Å². The molecular weight excluding hydrogens is 180 g/mol. The molecule has 0 radical (unpaired) electrons. The maximum atomic E-state index is 10.9. The zero-order valence-corrected chi connectivity index (χ0v) is 8.74. The summed E-state index contributed by atoms with van der Waals surface area (Å²) in [6, 6.07) is 0.348. The highest BCUT2D eigenvalue weighted by Crippen LogP contribution is 2.27. The maximum absolute atomic E-state index is 10.9. The fraction of sp³-hybridized carbons (Fsp3) is 0.900. The predicted molar refractivity (Wildman–Crippen MR) is 54.5 cm³/mol. The molecule has 4 nitrogen and oxygen atoms in total. The first-order valence-electron chi connectivity index (χ1n) is 5.21. The summed E-state index contributed by atoms with van der Waals surface area (Å²) in [5, 5.41) is 0. The van der Waals surface area contributed by atoms with Crippen molar-refractivity contribution in [2.75, 3.05) is 7.11 Å². The monoisotopic (exact) mass is 200 g/mol. The van der Waals surface area contributed by atoms with Gasteiger partial charge in [0.25, 0.3) is 0 Å². The van der Waals surface area contributed by atoms with E-state index in [2.05, 4.69) is 0 Å². The molecule has 0 aromatic rings. The number of amides is 1. The van der Waals surface area contributed by atoms with Gasteiger partial charge < -0.3 is 16.2 Å². The van der Waals surface area contributed by atoms with Crippen LogP contribution in [0.5, 0.6) is 0 Å². The van der Waals surface area contributed by atoms with Gasteiger partial charge in [-0.2, -0.15) is 0 Å². The van der Waals surface area contributed by atoms with Crippen LogP contribution in [0.1, 0.15) is 32.1 Å². The second-order valence-corrected chi connectivity index (χ2v) is 4.14. The molecule has 4 heteroatoms. The van der Waals surface area contributed by atoms with Crippen molar-refractivity contribution in [3.8, 4) is 0 Å². The molecule has 1 aliphatic carbocycles. The number of rotatable bonds is 4. The van der Waals surface area contributed by atoms with Gasteiger partial charge in [0.2, 0.25) is 5.91 Å². The van der Waals surface area contributed by atoms with Gasteiger partial charge in [0, 0.05) is 13.2 Å².